The summed E-state index contributed by atoms with van der Waals surface area (Å²) >= 11 is 0. The molecular formula is C32H38N4O5S. The highest BCUT2D eigenvalue weighted by atomic mass is 32.2. The van der Waals surface area contributed by atoms with Crippen molar-refractivity contribution in [2.75, 3.05) is 30.5 Å². The van der Waals surface area contributed by atoms with Crippen molar-refractivity contribution in [2.24, 2.45) is 5.10 Å². The van der Waals surface area contributed by atoms with Crippen LogP contribution in [0.1, 0.15) is 55.7 Å². The van der Waals surface area contributed by atoms with Gasteiger partial charge in [-0.2, -0.15) is 5.10 Å². The molecule has 1 fully saturated rings. The summed E-state index contributed by atoms with van der Waals surface area (Å²) in [5, 5.41) is 4.01. The third kappa shape index (κ3) is 8.19. The topological polar surface area (TPSA) is 108 Å². The normalized spacial score (nSPS) is 13.8. The molecule has 0 aliphatic carbocycles. The van der Waals surface area contributed by atoms with Crippen LogP contribution in [0, 0.1) is 6.92 Å². The number of carbonyl (C=O) groups is 2. The SMILES string of the molecule is Cc1ccc(S(=O)(=O)N(CC(=O)N/N=C/c2ccc(OCC(=O)N3CCCCC3)cc2)c2ccc(C(C)C)cc2)cc1. The predicted octanol–water partition coefficient (Wildman–Crippen LogP) is 4.86. The number of benzene rings is 3. The minimum absolute atomic E-state index is 0.00825. The molecule has 0 unspecified atom stereocenters. The summed E-state index contributed by atoms with van der Waals surface area (Å²) in [4.78, 5) is 27.1. The molecule has 3 aromatic rings. The Hall–Kier alpha value is -4.18. The molecule has 42 heavy (non-hydrogen) atoms. The summed E-state index contributed by atoms with van der Waals surface area (Å²) in [6, 6.07) is 20.6. The number of ether oxygens (including phenoxy) is 1. The molecule has 1 heterocycles. The van der Waals surface area contributed by atoms with Crippen molar-refractivity contribution in [1.82, 2.24) is 10.3 Å². The standard InChI is InChI=1S/C32H38N4O5S/c1-24(2)27-11-13-28(14-12-27)36(42(39,40)30-17-7-25(3)8-18-30)22-31(37)34-33-21-26-9-15-29(16-10-26)41-23-32(38)35-19-5-4-6-20-35/h7-18,21,24H,4-6,19-20,22-23H2,1-3H3,(H,34,37)/b33-21+. The molecule has 2 amide bonds. The van der Waals surface area contributed by atoms with Crippen molar-refractivity contribution in [3.8, 4) is 5.75 Å². The number of rotatable bonds is 11. The lowest BCUT2D eigenvalue weighted by molar-refractivity contribution is -0.134. The van der Waals surface area contributed by atoms with E-state index in [0.29, 0.717) is 17.0 Å². The lowest BCUT2D eigenvalue weighted by Crippen LogP contribution is -2.39. The smallest absolute Gasteiger partial charge is 0.264 e. The number of amides is 2. The van der Waals surface area contributed by atoms with Gasteiger partial charge < -0.3 is 9.64 Å². The molecule has 3 aromatic carbocycles. The van der Waals surface area contributed by atoms with Crippen LogP contribution in [0.2, 0.25) is 0 Å². The maximum Gasteiger partial charge on any atom is 0.264 e. The number of piperidine rings is 1. The van der Waals surface area contributed by atoms with Gasteiger partial charge in [0, 0.05) is 13.1 Å². The van der Waals surface area contributed by atoms with E-state index in [1.807, 2.05) is 24.0 Å². The van der Waals surface area contributed by atoms with Crippen molar-refractivity contribution in [3.63, 3.8) is 0 Å². The van der Waals surface area contributed by atoms with Crippen molar-refractivity contribution in [1.29, 1.82) is 0 Å². The van der Waals surface area contributed by atoms with Crippen LogP contribution in [-0.4, -0.2) is 57.6 Å². The van der Waals surface area contributed by atoms with Gasteiger partial charge in [-0.3, -0.25) is 13.9 Å². The molecule has 1 aliphatic rings. The van der Waals surface area contributed by atoms with E-state index in [2.05, 4.69) is 24.4 Å². The first-order valence-corrected chi connectivity index (χ1v) is 15.6. The van der Waals surface area contributed by atoms with E-state index in [1.54, 1.807) is 48.5 Å². The van der Waals surface area contributed by atoms with Gasteiger partial charge >= 0.3 is 0 Å². The fourth-order valence-electron chi connectivity index (χ4n) is 4.55. The molecule has 0 bridgehead atoms. The monoisotopic (exact) mass is 590 g/mol. The fraction of sp³-hybridized carbons (Fsp3) is 0.344. The van der Waals surface area contributed by atoms with E-state index in [0.717, 1.165) is 47.8 Å². The Kier molecular flexibility index (Phi) is 10.4. The Morgan fingerprint density at radius 1 is 0.952 bits per heavy atom. The Morgan fingerprint density at radius 3 is 2.21 bits per heavy atom. The number of nitrogens with zero attached hydrogens (tertiary/aromatic N) is 3. The molecule has 1 saturated heterocycles. The first kappa shape index (κ1) is 30.8. The maximum atomic E-state index is 13.6. The Labute approximate surface area is 248 Å². The van der Waals surface area contributed by atoms with E-state index in [9.17, 15) is 18.0 Å². The van der Waals surface area contributed by atoms with Crippen LogP contribution in [0.5, 0.6) is 5.75 Å². The summed E-state index contributed by atoms with van der Waals surface area (Å²) in [6.07, 6.45) is 4.67. The van der Waals surface area contributed by atoms with Crippen molar-refractivity contribution in [3.05, 3.63) is 89.5 Å². The van der Waals surface area contributed by atoms with E-state index >= 15 is 0 Å². The number of carbonyl (C=O) groups excluding carboxylic acids is 2. The molecule has 0 aromatic heterocycles. The second-order valence-corrected chi connectivity index (χ2v) is 12.5. The van der Waals surface area contributed by atoms with Gasteiger partial charge in [-0.15, -0.1) is 0 Å². The summed E-state index contributed by atoms with van der Waals surface area (Å²) in [5.74, 6) is 0.229. The van der Waals surface area contributed by atoms with E-state index < -0.39 is 22.5 Å². The van der Waals surface area contributed by atoms with Gasteiger partial charge in [0.2, 0.25) is 0 Å². The predicted molar refractivity (Wildman–Crippen MR) is 164 cm³/mol. The second kappa shape index (κ2) is 14.1. The highest BCUT2D eigenvalue weighted by Crippen LogP contribution is 2.26. The van der Waals surface area contributed by atoms with Gasteiger partial charge in [0.05, 0.1) is 16.8 Å². The van der Waals surface area contributed by atoms with Crippen molar-refractivity contribution in [2.45, 2.75) is 50.8 Å². The quantitative estimate of drug-likeness (QED) is 0.254. The van der Waals surface area contributed by atoms with Crippen LogP contribution in [-0.2, 0) is 19.6 Å². The molecule has 4 rings (SSSR count). The van der Waals surface area contributed by atoms with Crippen LogP contribution in [0.15, 0.2) is 82.8 Å². The Morgan fingerprint density at radius 2 is 1.60 bits per heavy atom. The lowest BCUT2D eigenvalue weighted by Gasteiger charge is -2.26. The first-order valence-electron chi connectivity index (χ1n) is 14.2. The maximum absolute atomic E-state index is 13.6. The average Bonchev–Trinajstić information content (AvgIpc) is 3.00. The highest BCUT2D eigenvalue weighted by Gasteiger charge is 2.27. The zero-order valence-electron chi connectivity index (χ0n) is 24.3. The molecule has 10 heteroatoms. The van der Waals surface area contributed by atoms with Gasteiger partial charge in [-0.25, -0.2) is 13.8 Å². The third-order valence-electron chi connectivity index (χ3n) is 7.10. The second-order valence-electron chi connectivity index (χ2n) is 10.7. The molecule has 1 N–H and O–H groups in total. The number of hydrogen-bond donors (Lipinski definition) is 1. The zero-order chi connectivity index (χ0) is 30.1. The molecule has 9 nitrogen and oxygen atoms in total. The zero-order valence-corrected chi connectivity index (χ0v) is 25.1. The molecular weight excluding hydrogens is 552 g/mol. The number of sulfonamides is 1. The third-order valence-corrected chi connectivity index (χ3v) is 8.89. The van der Waals surface area contributed by atoms with Crippen molar-refractivity contribution >= 4 is 33.7 Å². The van der Waals surface area contributed by atoms with Crippen LogP contribution < -0.4 is 14.5 Å². The van der Waals surface area contributed by atoms with Crippen molar-refractivity contribution < 1.29 is 22.7 Å². The first-order chi connectivity index (χ1) is 20.1. The molecule has 0 saturated carbocycles. The Bertz CT molecular complexity index is 1480. The fourth-order valence-corrected chi connectivity index (χ4v) is 5.97. The summed E-state index contributed by atoms with van der Waals surface area (Å²) in [5.41, 5.74) is 5.49. The largest absolute Gasteiger partial charge is 0.484 e. The summed E-state index contributed by atoms with van der Waals surface area (Å²) in [6.45, 7) is 7.09. The van der Waals surface area contributed by atoms with Gasteiger partial charge in [0.15, 0.2) is 6.61 Å². The van der Waals surface area contributed by atoms with E-state index in [1.165, 1.54) is 18.3 Å². The number of hydrazone groups is 1. The van der Waals surface area contributed by atoms with E-state index in [4.69, 9.17) is 4.74 Å². The van der Waals surface area contributed by atoms with Crippen LogP contribution in [0.4, 0.5) is 5.69 Å². The number of aryl methyl sites for hydroxylation is 1. The van der Waals surface area contributed by atoms with Gasteiger partial charge in [-0.05, 0) is 91.8 Å². The minimum Gasteiger partial charge on any atom is -0.484 e. The van der Waals surface area contributed by atoms with Gasteiger partial charge in [0.1, 0.15) is 12.3 Å². The molecule has 1 aliphatic heterocycles. The minimum atomic E-state index is -4.02. The van der Waals surface area contributed by atoms with Crippen LogP contribution >= 0.6 is 0 Å². The Balaban J connectivity index is 1.39. The summed E-state index contributed by atoms with van der Waals surface area (Å²) < 4.78 is 33.9. The van der Waals surface area contributed by atoms with Crippen LogP contribution in [0.25, 0.3) is 0 Å². The molecule has 0 spiro atoms. The number of nitrogens with one attached hydrogen (secondary N) is 1. The summed E-state index contributed by atoms with van der Waals surface area (Å²) in [7, 11) is -4.02. The molecule has 0 atom stereocenters. The highest BCUT2D eigenvalue weighted by molar-refractivity contribution is 7.92. The molecule has 0 radical (unpaired) electrons. The number of likely N-dealkylation sites (tertiary alicyclic amines) is 1. The van der Waals surface area contributed by atoms with Gasteiger partial charge in [0.25, 0.3) is 21.8 Å². The number of anilines is 1. The van der Waals surface area contributed by atoms with E-state index in [-0.39, 0.29) is 23.3 Å². The average molecular weight is 591 g/mol. The number of hydrogen-bond acceptors (Lipinski definition) is 6. The molecule has 222 valence electrons. The lowest BCUT2D eigenvalue weighted by atomic mass is 10.0. The van der Waals surface area contributed by atoms with Gasteiger partial charge in [-0.1, -0.05) is 43.7 Å². The van der Waals surface area contributed by atoms with Crippen LogP contribution in [0.3, 0.4) is 0 Å².